The molecule has 0 saturated carbocycles. The maximum absolute atomic E-state index is 10.1. The Bertz CT molecular complexity index is 355. The first-order valence-corrected chi connectivity index (χ1v) is 3.51. The molecule has 0 aromatic carbocycles. The van der Waals surface area contributed by atoms with Gasteiger partial charge in [0.2, 0.25) is 0 Å². The molecule has 0 spiro atoms. The maximum Gasteiger partial charge on any atom is 0.365 e. The Morgan fingerprint density at radius 2 is 2.00 bits per heavy atom. The van der Waals surface area contributed by atoms with Gasteiger partial charge in [-0.05, 0) is 0 Å². The largest absolute Gasteiger partial charge is 0.476 e. The summed E-state index contributed by atoms with van der Waals surface area (Å²) in [5, 5.41) is 8.03. The van der Waals surface area contributed by atoms with Gasteiger partial charge < -0.3 is 10.6 Å². The van der Waals surface area contributed by atoms with Crippen LogP contribution in [0.3, 0.4) is 0 Å². The molecule has 0 fully saturated rings. The van der Waals surface area contributed by atoms with E-state index in [-0.39, 0.29) is 0 Å². The molecule has 0 heterocycles. The molecule has 0 aliphatic carbocycles. The van der Waals surface area contributed by atoms with Crippen LogP contribution in [-0.4, -0.2) is 34.7 Å². The molecule has 0 aliphatic rings. The molecule has 0 atom stereocenters. The van der Waals surface area contributed by atoms with E-state index in [0.717, 1.165) is 0 Å². The van der Waals surface area contributed by atoms with Gasteiger partial charge in [-0.2, -0.15) is 8.42 Å². The van der Waals surface area contributed by atoms with Gasteiger partial charge in [0, 0.05) is 0 Å². The summed E-state index contributed by atoms with van der Waals surface area (Å²) in [6.07, 6.45) is 0. The van der Waals surface area contributed by atoms with E-state index in [4.69, 9.17) is 15.2 Å². The van der Waals surface area contributed by atoms with Crippen LogP contribution >= 0.6 is 0 Å². The van der Waals surface area contributed by atoms with Crippen molar-refractivity contribution in [1.29, 1.82) is 0 Å². The predicted octanol–water partition coefficient (Wildman–Crippen LogP) is -1.26. The molecule has 0 aromatic heterocycles. The second-order valence-corrected chi connectivity index (χ2v) is 2.68. The van der Waals surface area contributed by atoms with Crippen molar-refractivity contribution in [3.05, 3.63) is 10.4 Å². The SMILES string of the molecule is [N-]=[N+]=C=C(C(=O)O)S(=O)(=O)O. The highest BCUT2D eigenvalue weighted by molar-refractivity contribution is 7.91. The molecule has 0 unspecified atom stereocenters. The molecular formula is C3H2N2O5S. The number of carboxylic acid groups (broad SMARTS) is 1. The Labute approximate surface area is 60.9 Å². The van der Waals surface area contributed by atoms with Crippen molar-refractivity contribution in [3.8, 4) is 0 Å². The van der Waals surface area contributed by atoms with E-state index in [0.29, 0.717) is 0 Å². The van der Waals surface area contributed by atoms with Crippen LogP contribution in [0.2, 0.25) is 0 Å². The molecule has 2 N–H and O–H groups in total. The number of nitrogens with zero attached hydrogens (tertiary/aromatic N) is 2. The van der Waals surface area contributed by atoms with Crippen molar-refractivity contribution < 1.29 is 27.7 Å². The van der Waals surface area contributed by atoms with Gasteiger partial charge >= 0.3 is 26.9 Å². The van der Waals surface area contributed by atoms with E-state index in [9.17, 15) is 13.2 Å². The summed E-state index contributed by atoms with van der Waals surface area (Å²) in [5.74, 6) is -0.772. The Morgan fingerprint density at radius 1 is 1.55 bits per heavy atom. The van der Waals surface area contributed by atoms with E-state index in [1.54, 1.807) is 0 Å². The van der Waals surface area contributed by atoms with Crippen molar-refractivity contribution in [1.82, 2.24) is 0 Å². The van der Waals surface area contributed by atoms with Gasteiger partial charge in [0.1, 0.15) is 0 Å². The first-order valence-electron chi connectivity index (χ1n) is 2.07. The van der Waals surface area contributed by atoms with Crippen LogP contribution in [0.25, 0.3) is 5.53 Å². The summed E-state index contributed by atoms with van der Waals surface area (Å²) in [6, 6.07) is 0. The topological polar surface area (TPSA) is 128 Å². The average Bonchev–Trinajstić information content (AvgIpc) is 1.79. The van der Waals surface area contributed by atoms with E-state index in [1.165, 1.54) is 5.87 Å². The Balaban J connectivity index is 5.50. The molecule has 60 valence electrons. The minimum atomic E-state index is -4.87. The van der Waals surface area contributed by atoms with Crippen molar-refractivity contribution in [2.45, 2.75) is 0 Å². The number of hydrogen-bond acceptors (Lipinski definition) is 3. The molecule has 0 bridgehead atoms. The van der Waals surface area contributed by atoms with Crippen molar-refractivity contribution in [3.63, 3.8) is 0 Å². The van der Waals surface area contributed by atoms with Gasteiger partial charge in [0.15, 0.2) is 0 Å². The fraction of sp³-hybridized carbons (Fsp3) is 0. The quantitative estimate of drug-likeness (QED) is 0.179. The standard InChI is InChI=1S/C3H2N2O5S/c4-5-1-2(3(6)7)11(8,9)10/h(H,6,7)(H,8,9,10). The molecule has 0 rings (SSSR count). The maximum atomic E-state index is 10.1. The van der Waals surface area contributed by atoms with E-state index >= 15 is 0 Å². The molecule has 0 radical (unpaired) electrons. The van der Waals surface area contributed by atoms with Gasteiger partial charge in [0.05, 0.1) is 0 Å². The van der Waals surface area contributed by atoms with Crippen LogP contribution in [0.4, 0.5) is 0 Å². The van der Waals surface area contributed by atoms with Crippen LogP contribution < -0.4 is 0 Å². The van der Waals surface area contributed by atoms with Crippen LogP contribution in [-0.2, 0) is 14.9 Å². The van der Waals surface area contributed by atoms with Crippen LogP contribution in [0.1, 0.15) is 0 Å². The summed E-state index contributed by atoms with van der Waals surface area (Å²) < 4.78 is 28.2. The highest BCUT2D eigenvalue weighted by Gasteiger charge is 2.25. The zero-order valence-corrected chi connectivity index (χ0v) is 5.74. The number of hydrogen-bond donors (Lipinski definition) is 2. The van der Waals surface area contributed by atoms with Crippen molar-refractivity contribution in [2.75, 3.05) is 0 Å². The molecule has 0 aromatic rings. The second-order valence-electron chi connectivity index (χ2n) is 1.32. The molecule has 11 heavy (non-hydrogen) atoms. The van der Waals surface area contributed by atoms with Crippen molar-refractivity contribution in [2.24, 2.45) is 0 Å². The predicted molar refractivity (Wildman–Crippen MR) is 31.3 cm³/mol. The first-order chi connectivity index (χ1) is 4.89. The van der Waals surface area contributed by atoms with E-state index < -0.39 is 21.0 Å². The summed E-state index contributed by atoms with van der Waals surface area (Å²) >= 11 is 0. The normalized spacial score (nSPS) is 9.55. The minimum absolute atomic E-state index is 1.18. The van der Waals surface area contributed by atoms with Gasteiger partial charge in [-0.3, -0.25) is 4.55 Å². The fourth-order valence-corrected chi connectivity index (χ4v) is 0.638. The Morgan fingerprint density at radius 3 is 2.09 bits per heavy atom. The lowest BCUT2D eigenvalue weighted by atomic mass is 10.6. The minimum Gasteiger partial charge on any atom is -0.476 e. The van der Waals surface area contributed by atoms with Crippen LogP contribution in [0.15, 0.2) is 4.91 Å². The molecule has 0 saturated heterocycles. The van der Waals surface area contributed by atoms with Crippen LogP contribution in [0, 0.1) is 0 Å². The van der Waals surface area contributed by atoms with E-state index in [1.807, 2.05) is 4.79 Å². The third kappa shape index (κ3) is 2.74. The molecule has 0 amide bonds. The van der Waals surface area contributed by atoms with Gasteiger partial charge in [-0.15, -0.1) is 4.79 Å². The van der Waals surface area contributed by atoms with E-state index in [2.05, 4.69) is 0 Å². The molecular weight excluding hydrogens is 176 g/mol. The third-order valence-corrected chi connectivity index (χ3v) is 1.39. The summed E-state index contributed by atoms with van der Waals surface area (Å²) in [7, 11) is -4.87. The zero-order chi connectivity index (χ0) is 9.07. The summed E-state index contributed by atoms with van der Waals surface area (Å²) in [6.45, 7) is 0. The van der Waals surface area contributed by atoms with Gasteiger partial charge in [0.25, 0.3) is 0 Å². The van der Waals surface area contributed by atoms with Gasteiger partial charge in [-0.1, -0.05) is 0 Å². The monoisotopic (exact) mass is 178 g/mol. The number of rotatable bonds is 2. The lowest BCUT2D eigenvalue weighted by Crippen LogP contribution is -2.12. The number of aliphatic carboxylic acids is 1. The fourth-order valence-electron chi connectivity index (χ4n) is 0.261. The first kappa shape index (κ1) is 9.54. The lowest BCUT2D eigenvalue weighted by Gasteiger charge is -1.86. The number of carbonyl (C=O) groups is 1. The highest BCUT2D eigenvalue weighted by atomic mass is 32.2. The molecule has 0 aliphatic heterocycles. The van der Waals surface area contributed by atoms with Gasteiger partial charge in [-0.25, -0.2) is 4.79 Å². The average molecular weight is 178 g/mol. The molecule has 7 nitrogen and oxygen atoms in total. The lowest BCUT2D eigenvalue weighted by molar-refractivity contribution is -0.131. The smallest absolute Gasteiger partial charge is 0.365 e. The van der Waals surface area contributed by atoms with Crippen molar-refractivity contribution >= 4 is 22.0 Å². The Kier molecular flexibility index (Phi) is 2.68. The van der Waals surface area contributed by atoms with Crippen LogP contribution in [0.5, 0.6) is 0 Å². The highest BCUT2D eigenvalue weighted by Crippen LogP contribution is 1.97. The summed E-state index contributed by atoms with van der Waals surface area (Å²) in [5.41, 5.74) is 7.70. The number of carboxylic acids is 1. The second kappa shape index (κ2) is 3.09. The molecule has 8 heteroatoms. The summed E-state index contributed by atoms with van der Waals surface area (Å²) in [4.78, 5) is 10.4. The third-order valence-electron chi connectivity index (χ3n) is 0.604. The Hall–Kier alpha value is -1.46. The zero-order valence-electron chi connectivity index (χ0n) is 4.92.